The molecule has 0 saturated carbocycles. The van der Waals surface area contributed by atoms with E-state index in [0.29, 0.717) is 12.2 Å². The van der Waals surface area contributed by atoms with Crippen LogP contribution in [0.15, 0.2) is 18.2 Å². The molecule has 0 radical (unpaired) electrons. The van der Waals surface area contributed by atoms with E-state index in [1.165, 1.54) is 25.7 Å². The Morgan fingerprint density at radius 1 is 1.05 bits per heavy atom. The standard InChI is InChI=1S/C17H25IN2O2/c1-3-4-5-6-7-8-11-19-16(21)17(22)20-15-10-9-14(18)12-13(15)2/h9-10,12H,3-8,11H2,1-2H3,(H,19,21)(H,20,22). The van der Waals surface area contributed by atoms with Crippen molar-refractivity contribution in [1.82, 2.24) is 5.32 Å². The molecule has 4 nitrogen and oxygen atoms in total. The molecule has 0 aromatic heterocycles. The Bertz CT molecular complexity index is 503. The maximum Gasteiger partial charge on any atom is 0.313 e. The third-order valence-electron chi connectivity index (χ3n) is 3.46. The normalized spacial score (nSPS) is 10.3. The van der Waals surface area contributed by atoms with Gasteiger partial charge in [0.25, 0.3) is 0 Å². The molecule has 2 N–H and O–H groups in total. The Hall–Kier alpha value is -1.11. The molecule has 0 bridgehead atoms. The van der Waals surface area contributed by atoms with Gasteiger partial charge in [-0.1, -0.05) is 39.0 Å². The number of hydrogen-bond donors (Lipinski definition) is 2. The van der Waals surface area contributed by atoms with Gasteiger partial charge in [0.1, 0.15) is 0 Å². The first-order valence-electron chi connectivity index (χ1n) is 7.90. The molecule has 2 amide bonds. The molecule has 0 aliphatic rings. The second kappa shape index (κ2) is 10.6. The second-order valence-electron chi connectivity index (χ2n) is 5.44. The summed E-state index contributed by atoms with van der Waals surface area (Å²) in [5, 5.41) is 5.32. The number of nitrogens with one attached hydrogen (secondary N) is 2. The van der Waals surface area contributed by atoms with Gasteiger partial charge < -0.3 is 10.6 Å². The summed E-state index contributed by atoms with van der Waals surface area (Å²) in [6.07, 6.45) is 6.96. The lowest BCUT2D eigenvalue weighted by atomic mass is 10.1. The van der Waals surface area contributed by atoms with E-state index in [0.717, 1.165) is 22.0 Å². The van der Waals surface area contributed by atoms with Crippen LogP contribution < -0.4 is 10.6 Å². The maximum atomic E-state index is 11.8. The highest BCUT2D eigenvalue weighted by atomic mass is 127. The van der Waals surface area contributed by atoms with Gasteiger partial charge in [0, 0.05) is 15.8 Å². The number of aryl methyl sites for hydroxylation is 1. The van der Waals surface area contributed by atoms with E-state index in [9.17, 15) is 9.59 Å². The number of carbonyl (C=O) groups excluding carboxylic acids is 2. The van der Waals surface area contributed by atoms with Crippen LogP contribution >= 0.6 is 22.6 Å². The molecule has 0 aliphatic carbocycles. The van der Waals surface area contributed by atoms with Gasteiger partial charge in [0.05, 0.1) is 0 Å². The van der Waals surface area contributed by atoms with Crippen LogP contribution in [0.1, 0.15) is 51.0 Å². The van der Waals surface area contributed by atoms with Crippen molar-refractivity contribution in [2.75, 3.05) is 11.9 Å². The van der Waals surface area contributed by atoms with Crippen LogP contribution in [0.5, 0.6) is 0 Å². The van der Waals surface area contributed by atoms with Crippen LogP contribution in [0.4, 0.5) is 5.69 Å². The van der Waals surface area contributed by atoms with Crippen LogP contribution in [0, 0.1) is 10.5 Å². The van der Waals surface area contributed by atoms with Gasteiger partial charge in [-0.25, -0.2) is 0 Å². The summed E-state index contributed by atoms with van der Waals surface area (Å²) >= 11 is 2.21. The minimum absolute atomic E-state index is 0.560. The van der Waals surface area contributed by atoms with Gasteiger partial charge in [-0.05, 0) is 59.7 Å². The van der Waals surface area contributed by atoms with Gasteiger partial charge in [-0.15, -0.1) is 0 Å². The van der Waals surface area contributed by atoms with Crippen LogP contribution in [-0.2, 0) is 9.59 Å². The molecule has 22 heavy (non-hydrogen) atoms. The molecular formula is C17H25IN2O2. The number of unbranched alkanes of at least 4 members (excludes halogenated alkanes) is 5. The molecule has 1 rings (SSSR count). The van der Waals surface area contributed by atoms with E-state index >= 15 is 0 Å². The number of amides is 2. The van der Waals surface area contributed by atoms with Crippen molar-refractivity contribution in [2.24, 2.45) is 0 Å². The Morgan fingerprint density at radius 3 is 2.41 bits per heavy atom. The Kier molecular flexibility index (Phi) is 9.11. The average molecular weight is 416 g/mol. The fourth-order valence-electron chi connectivity index (χ4n) is 2.13. The fraction of sp³-hybridized carbons (Fsp3) is 0.529. The summed E-state index contributed by atoms with van der Waals surface area (Å²) in [5.41, 5.74) is 1.63. The minimum Gasteiger partial charge on any atom is -0.348 e. The first-order valence-corrected chi connectivity index (χ1v) is 8.97. The average Bonchev–Trinajstić information content (AvgIpc) is 2.48. The summed E-state index contributed by atoms with van der Waals surface area (Å²) < 4.78 is 1.10. The van der Waals surface area contributed by atoms with Crippen molar-refractivity contribution in [3.63, 3.8) is 0 Å². The lowest BCUT2D eigenvalue weighted by molar-refractivity contribution is -0.136. The van der Waals surface area contributed by atoms with Crippen molar-refractivity contribution in [2.45, 2.75) is 52.4 Å². The molecule has 0 atom stereocenters. The first-order chi connectivity index (χ1) is 10.5. The summed E-state index contributed by atoms with van der Waals surface area (Å²) in [7, 11) is 0. The molecular weight excluding hydrogens is 391 g/mol. The Morgan fingerprint density at radius 2 is 1.73 bits per heavy atom. The smallest absolute Gasteiger partial charge is 0.313 e. The second-order valence-corrected chi connectivity index (χ2v) is 6.68. The summed E-state index contributed by atoms with van der Waals surface area (Å²) in [6, 6.07) is 5.68. The quantitative estimate of drug-likeness (QED) is 0.382. The molecule has 0 spiro atoms. The van der Waals surface area contributed by atoms with Crippen molar-refractivity contribution >= 4 is 40.1 Å². The Labute approximate surface area is 146 Å². The highest BCUT2D eigenvalue weighted by Crippen LogP contribution is 2.17. The zero-order valence-corrected chi connectivity index (χ0v) is 15.5. The van der Waals surface area contributed by atoms with Crippen molar-refractivity contribution in [3.05, 3.63) is 27.3 Å². The van der Waals surface area contributed by atoms with Gasteiger partial charge in [0.15, 0.2) is 0 Å². The molecule has 0 saturated heterocycles. The number of anilines is 1. The highest BCUT2D eigenvalue weighted by molar-refractivity contribution is 14.1. The maximum absolute atomic E-state index is 11.8. The monoisotopic (exact) mass is 416 g/mol. The van der Waals surface area contributed by atoms with Gasteiger partial charge in [0.2, 0.25) is 0 Å². The number of rotatable bonds is 8. The fourth-order valence-corrected chi connectivity index (χ4v) is 2.78. The molecule has 5 heteroatoms. The van der Waals surface area contributed by atoms with Crippen LogP contribution in [0.25, 0.3) is 0 Å². The topological polar surface area (TPSA) is 58.2 Å². The van der Waals surface area contributed by atoms with Crippen molar-refractivity contribution < 1.29 is 9.59 Å². The van der Waals surface area contributed by atoms with Crippen molar-refractivity contribution in [3.8, 4) is 0 Å². The summed E-state index contributed by atoms with van der Waals surface area (Å²) in [6.45, 7) is 4.66. The largest absolute Gasteiger partial charge is 0.348 e. The van der Waals surface area contributed by atoms with Crippen LogP contribution in [-0.4, -0.2) is 18.4 Å². The van der Waals surface area contributed by atoms with E-state index in [1.54, 1.807) is 0 Å². The number of halogens is 1. The molecule has 1 aromatic rings. The zero-order chi connectivity index (χ0) is 16.4. The minimum atomic E-state index is -0.602. The van der Waals surface area contributed by atoms with Crippen molar-refractivity contribution in [1.29, 1.82) is 0 Å². The molecule has 0 heterocycles. The highest BCUT2D eigenvalue weighted by Gasteiger charge is 2.13. The molecule has 0 fully saturated rings. The van der Waals surface area contributed by atoms with E-state index in [-0.39, 0.29) is 0 Å². The van der Waals surface area contributed by atoms with Gasteiger partial charge in [-0.3, -0.25) is 9.59 Å². The number of hydrogen-bond acceptors (Lipinski definition) is 2. The predicted octanol–water partition coefficient (Wildman–Crippen LogP) is 4.01. The number of carbonyl (C=O) groups is 2. The lowest BCUT2D eigenvalue weighted by Crippen LogP contribution is -2.36. The third kappa shape index (κ3) is 7.24. The summed E-state index contributed by atoms with van der Waals surface area (Å²) in [4.78, 5) is 23.6. The molecule has 122 valence electrons. The van der Waals surface area contributed by atoms with Gasteiger partial charge in [-0.2, -0.15) is 0 Å². The first kappa shape index (κ1) is 18.9. The van der Waals surface area contributed by atoms with E-state index in [2.05, 4.69) is 40.1 Å². The zero-order valence-electron chi connectivity index (χ0n) is 13.4. The SMILES string of the molecule is CCCCCCCCNC(=O)C(=O)Nc1ccc(I)cc1C. The predicted molar refractivity (Wildman–Crippen MR) is 98.9 cm³/mol. The molecule has 0 unspecified atom stereocenters. The molecule has 0 aliphatic heterocycles. The molecule has 1 aromatic carbocycles. The van der Waals surface area contributed by atoms with Gasteiger partial charge >= 0.3 is 11.8 Å². The Balaban J connectivity index is 2.26. The van der Waals surface area contributed by atoms with E-state index < -0.39 is 11.8 Å². The van der Waals surface area contributed by atoms with E-state index in [1.807, 2.05) is 25.1 Å². The van der Waals surface area contributed by atoms with E-state index in [4.69, 9.17) is 0 Å². The van der Waals surface area contributed by atoms with Crippen LogP contribution in [0.3, 0.4) is 0 Å². The number of benzene rings is 1. The van der Waals surface area contributed by atoms with Crippen LogP contribution in [0.2, 0.25) is 0 Å². The third-order valence-corrected chi connectivity index (χ3v) is 4.13. The summed E-state index contributed by atoms with van der Waals surface area (Å²) in [5.74, 6) is -1.17. The lowest BCUT2D eigenvalue weighted by Gasteiger charge is -2.09.